The Labute approximate surface area is 153 Å². The van der Waals surface area contributed by atoms with Gasteiger partial charge in [-0.05, 0) is 31.9 Å². The fraction of sp³-hybridized carbons (Fsp3) is 0.737. The third-order valence-electron chi connectivity index (χ3n) is 5.77. The number of hydrogen-bond donors (Lipinski definition) is 0. The third-order valence-corrected chi connectivity index (χ3v) is 5.77. The van der Waals surface area contributed by atoms with Gasteiger partial charge in [-0.15, -0.1) is 0 Å². The third kappa shape index (κ3) is 3.49. The van der Waals surface area contributed by atoms with Gasteiger partial charge in [-0.25, -0.2) is 0 Å². The molecule has 0 amide bonds. The van der Waals surface area contributed by atoms with Gasteiger partial charge in [0, 0.05) is 26.2 Å². The van der Waals surface area contributed by atoms with E-state index in [1.807, 2.05) is 26.8 Å². The van der Waals surface area contributed by atoms with Crippen LogP contribution in [0.5, 0.6) is 0 Å². The number of hydrogen-bond acceptors (Lipinski definition) is 7. The molecule has 1 aliphatic carbocycles. The summed E-state index contributed by atoms with van der Waals surface area (Å²) in [7, 11) is 0. The maximum absolute atomic E-state index is 12.1. The van der Waals surface area contributed by atoms with Gasteiger partial charge in [0.1, 0.15) is 23.9 Å². The Bertz CT molecular complexity index is 654. The number of carbonyl (C=O) groups excluding carboxylic acids is 3. The van der Waals surface area contributed by atoms with Crippen molar-refractivity contribution >= 4 is 17.9 Å². The second kappa shape index (κ2) is 6.68. The fourth-order valence-electron chi connectivity index (χ4n) is 4.06. The van der Waals surface area contributed by atoms with Crippen molar-refractivity contribution in [1.82, 2.24) is 0 Å². The van der Waals surface area contributed by atoms with Crippen molar-refractivity contribution < 1.29 is 33.3 Å². The highest BCUT2D eigenvalue weighted by molar-refractivity contribution is 5.75. The molecule has 0 aromatic heterocycles. The summed E-state index contributed by atoms with van der Waals surface area (Å²) in [5, 5.41) is 0. The summed E-state index contributed by atoms with van der Waals surface area (Å²) in [6.45, 7) is 8.31. The summed E-state index contributed by atoms with van der Waals surface area (Å²) in [5.41, 5.74) is 0.179. The molecule has 0 unspecified atom stereocenters. The molecule has 3 rings (SSSR count). The molecule has 0 saturated carbocycles. The molecule has 0 aromatic carbocycles. The number of carbonyl (C=O) groups is 3. The van der Waals surface area contributed by atoms with E-state index in [9.17, 15) is 14.4 Å². The molecule has 7 nitrogen and oxygen atoms in total. The van der Waals surface area contributed by atoms with Crippen LogP contribution in [-0.4, -0.2) is 47.9 Å². The average Bonchev–Trinajstić information content (AvgIpc) is 3.11. The van der Waals surface area contributed by atoms with E-state index in [2.05, 4.69) is 0 Å². The monoisotopic (exact) mass is 366 g/mol. The largest absolute Gasteiger partial charge is 0.459 e. The molecule has 0 aromatic rings. The van der Waals surface area contributed by atoms with E-state index >= 15 is 0 Å². The van der Waals surface area contributed by atoms with Gasteiger partial charge in [-0.2, -0.15) is 0 Å². The summed E-state index contributed by atoms with van der Waals surface area (Å²) in [4.78, 5) is 35.2. The van der Waals surface area contributed by atoms with Crippen LogP contribution in [0.15, 0.2) is 11.6 Å². The first-order valence-electron chi connectivity index (χ1n) is 9.03. The lowest BCUT2D eigenvalue weighted by Gasteiger charge is -2.29. The van der Waals surface area contributed by atoms with Crippen LogP contribution in [-0.2, 0) is 33.3 Å². The highest BCUT2D eigenvalue weighted by Crippen LogP contribution is 2.48. The van der Waals surface area contributed by atoms with Crippen LogP contribution in [0.2, 0.25) is 0 Å². The molecule has 2 heterocycles. The first kappa shape index (κ1) is 18.9. The summed E-state index contributed by atoms with van der Waals surface area (Å²) in [6, 6.07) is 0. The summed E-state index contributed by atoms with van der Waals surface area (Å²) in [6.07, 6.45) is 1.22. The van der Waals surface area contributed by atoms with Crippen molar-refractivity contribution in [2.45, 2.75) is 77.5 Å². The van der Waals surface area contributed by atoms with Gasteiger partial charge in [0.25, 0.3) is 0 Å². The number of esters is 3. The van der Waals surface area contributed by atoms with Crippen LogP contribution in [0.25, 0.3) is 0 Å². The van der Waals surface area contributed by atoms with Gasteiger partial charge in [0.2, 0.25) is 0 Å². The number of fused-ring (bicyclic) bond motifs is 2. The normalized spacial score (nSPS) is 41.9. The predicted octanol–water partition coefficient (Wildman–Crippen LogP) is 1.93. The summed E-state index contributed by atoms with van der Waals surface area (Å²) in [5.74, 6) is -1.49. The van der Waals surface area contributed by atoms with E-state index < -0.39 is 23.9 Å². The Morgan fingerprint density at radius 3 is 2.46 bits per heavy atom. The van der Waals surface area contributed by atoms with Gasteiger partial charge < -0.3 is 18.9 Å². The molecule has 0 bridgehead atoms. The topological polar surface area (TPSA) is 91.4 Å². The first-order valence-corrected chi connectivity index (χ1v) is 9.03. The standard InChI is InChI=1S/C19H26O7/c1-9-6-15-13(10(2)18(22)25-15)7-16(24-12(4)21)19(5)17(26-19)8-14(9)23-11(3)20/h6,10,13-17H,7-8H2,1-5H3/t10-,13+,14+,15-,16+,17+,19+/m1/s1. The summed E-state index contributed by atoms with van der Waals surface area (Å²) < 4.78 is 22.4. The maximum Gasteiger partial charge on any atom is 0.309 e. The molecule has 144 valence electrons. The molecule has 0 spiro atoms. The van der Waals surface area contributed by atoms with Crippen molar-refractivity contribution in [3.05, 3.63) is 11.6 Å². The van der Waals surface area contributed by atoms with Crippen LogP contribution in [0.3, 0.4) is 0 Å². The highest BCUT2D eigenvalue weighted by atomic mass is 16.6. The first-order chi connectivity index (χ1) is 12.1. The zero-order valence-corrected chi connectivity index (χ0v) is 15.8. The minimum atomic E-state index is -0.655. The van der Waals surface area contributed by atoms with Gasteiger partial charge in [0.15, 0.2) is 0 Å². The van der Waals surface area contributed by atoms with Crippen molar-refractivity contribution in [3.8, 4) is 0 Å². The fourth-order valence-corrected chi connectivity index (χ4v) is 4.06. The van der Waals surface area contributed by atoms with Crippen LogP contribution >= 0.6 is 0 Å². The Morgan fingerprint density at radius 1 is 1.19 bits per heavy atom. The zero-order valence-electron chi connectivity index (χ0n) is 15.8. The quantitative estimate of drug-likeness (QED) is 0.319. The Balaban J connectivity index is 1.96. The Morgan fingerprint density at radius 2 is 1.85 bits per heavy atom. The molecule has 2 saturated heterocycles. The Kier molecular flexibility index (Phi) is 4.86. The maximum atomic E-state index is 12.1. The van der Waals surface area contributed by atoms with Gasteiger partial charge in [0.05, 0.1) is 12.0 Å². The lowest BCUT2D eigenvalue weighted by atomic mass is 9.80. The molecule has 0 radical (unpaired) electrons. The van der Waals surface area contributed by atoms with Gasteiger partial charge in [-0.3, -0.25) is 14.4 Å². The van der Waals surface area contributed by atoms with Gasteiger partial charge >= 0.3 is 17.9 Å². The van der Waals surface area contributed by atoms with Crippen LogP contribution in [0.1, 0.15) is 47.5 Å². The second-order valence-electron chi connectivity index (χ2n) is 7.72. The molecular formula is C19H26O7. The predicted molar refractivity (Wildman–Crippen MR) is 89.9 cm³/mol. The lowest BCUT2D eigenvalue weighted by molar-refractivity contribution is -0.151. The number of ether oxygens (including phenoxy) is 4. The van der Waals surface area contributed by atoms with E-state index in [4.69, 9.17) is 18.9 Å². The molecule has 0 N–H and O–H groups in total. The summed E-state index contributed by atoms with van der Waals surface area (Å²) >= 11 is 0. The van der Waals surface area contributed by atoms with E-state index in [0.717, 1.165) is 5.57 Å². The van der Waals surface area contributed by atoms with Crippen LogP contribution in [0, 0.1) is 11.8 Å². The Hall–Kier alpha value is -1.89. The molecular weight excluding hydrogens is 340 g/mol. The van der Waals surface area contributed by atoms with Crippen LogP contribution in [0.4, 0.5) is 0 Å². The van der Waals surface area contributed by atoms with Gasteiger partial charge in [-0.1, -0.05) is 6.92 Å². The van der Waals surface area contributed by atoms with E-state index in [1.54, 1.807) is 0 Å². The smallest absolute Gasteiger partial charge is 0.309 e. The minimum Gasteiger partial charge on any atom is -0.459 e. The van der Waals surface area contributed by atoms with E-state index in [0.29, 0.717) is 12.8 Å². The van der Waals surface area contributed by atoms with E-state index in [1.165, 1.54) is 13.8 Å². The molecule has 26 heavy (non-hydrogen) atoms. The van der Waals surface area contributed by atoms with Crippen molar-refractivity contribution in [2.75, 3.05) is 0 Å². The van der Waals surface area contributed by atoms with Crippen molar-refractivity contribution in [1.29, 1.82) is 0 Å². The van der Waals surface area contributed by atoms with E-state index in [-0.39, 0.29) is 35.8 Å². The highest BCUT2D eigenvalue weighted by Gasteiger charge is 2.61. The molecule has 2 aliphatic heterocycles. The van der Waals surface area contributed by atoms with Crippen molar-refractivity contribution in [3.63, 3.8) is 0 Å². The van der Waals surface area contributed by atoms with Crippen molar-refractivity contribution in [2.24, 2.45) is 11.8 Å². The molecule has 7 atom stereocenters. The SMILES string of the molecule is CC(=O)O[C@H]1C[C@@H]2O[C@@]2(C)[C@@H](OC(C)=O)C[C@@H]2[C@@H](C=C1C)OC(=O)[C@@H]2C. The second-order valence-corrected chi connectivity index (χ2v) is 7.72. The zero-order chi connectivity index (χ0) is 19.2. The number of rotatable bonds is 2. The lowest BCUT2D eigenvalue weighted by Crippen LogP contribution is -2.39. The minimum absolute atomic E-state index is 0.139. The molecule has 3 aliphatic rings. The average molecular weight is 366 g/mol. The number of epoxide rings is 1. The molecule has 2 fully saturated rings. The van der Waals surface area contributed by atoms with Crippen LogP contribution < -0.4 is 0 Å². The molecule has 7 heteroatoms.